The minimum Gasteiger partial charge on any atom is -0.497 e. The molecule has 0 bridgehead atoms. The van der Waals surface area contributed by atoms with Gasteiger partial charge in [0.15, 0.2) is 5.65 Å². The Balaban J connectivity index is 1.83. The minimum atomic E-state index is -0.415. The molecule has 0 radical (unpaired) electrons. The van der Waals surface area contributed by atoms with E-state index in [2.05, 4.69) is 20.1 Å². The predicted molar refractivity (Wildman–Crippen MR) is 115 cm³/mol. The van der Waals surface area contributed by atoms with Gasteiger partial charge in [0.05, 0.1) is 37.4 Å². The first kappa shape index (κ1) is 20.4. The lowest BCUT2D eigenvalue weighted by Gasteiger charge is -2.23. The minimum absolute atomic E-state index is 0.0819. The summed E-state index contributed by atoms with van der Waals surface area (Å²) in [6.45, 7) is 1.77. The van der Waals surface area contributed by atoms with Gasteiger partial charge in [0, 0.05) is 24.9 Å². The summed E-state index contributed by atoms with van der Waals surface area (Å²) in [4.78, 5) is 26.5. The normalized spacial score (nSPS) is 11.0. The number of pyridine rings is 1. The number of ether oxygens (including phenoxy) is 1. The van der Waals surface area contributed by atoms with Gasteiger partial charge >= 0.3 is 0 Å². The quantitative estimate of drug-likeness (QED) is 0.423. The molecular weight excluding hydrogens is 399 g/mol. The molecule has 0 aliphatic carbocycles. The fourth-order valence-corrected chi connectivity index (χ4v) is 3.33. The second-order valence-electron chi connectivity index (χ2n) is 6.92. The molecule has 0 saturated heterocycles. The van der Waals surface area contributed by atoms with Crippen molar-refractivity contribution in [2.45, 2.75) is 13.3 Å². The molecule has 0 amide bonds. The number of fused-ring (bicyclic) bond motifs is 1. The number of anilines is 2. The molecule has 8 nitrogen and oxygen atoms in total. The number of methoxy groups -OCH3 is 1. The summed E-state index contributed by atoms with van der Waals surface area (Å²) < 4.78 is 22.2. The zero-order chi connectivity index (χ0) is 22.0. The number of hydrogen-bond acceptors (Lipinski definition) is 7. The third kappa shape index (κ3) is 3.94. The fourth-order valence-electron chi connectivity index (χ4n) is 3.33. The van der Waals surface area contributed by atoms with Crippen molar-refractivity contribution in [2.75, 3.05) is 18.6 Å². The van der Waals surface area contributed by atoms with Crippen LogP contribution >= 0.6 is 0 Å². The molecule has 0 saturated carbocycles. The zero-order valence-corrected chi connectivity index (χ0v) is 17.4. The maximum Gasteiger partial charge on any atom is 0.180 e. The number of nitrogens with zero attached hydrogens (tertiary/aromatic N) is 6. The highest BCUT2D eigenvalue weighted by Gasteiger charge is 2.20. The average Bonchev–Trinajstić information content (AvgIpc) is 3.23. The number of carbonyl (C=O) groups excluding carboxylic acids is 1. The lowest BCUT2D eigenvalue weighted by atomic mass is 10.1. The van der Waals surface area contributed by atoms with E-state index in [-0.39, 0.29) is 12.2 Å². The van der Waals surface area contributed by atoms with Crippen LogP contribution in [-0.4, -0.2) is 44.7 Å². The van der Waals surface area contributed by atoms with E-state index in [1.165, 1.54) is 12.0 Å². The topological polar surface area (TPSA) is 86.0 Å². The summed E-state index contributed by atoms with van der Waals surface area (Å²) in [7, 11) is 3.34. The molecule has 0 unspecified atom stereocenters. The van der Waals surface area contributed by atoms with Gasteiger partial charge in [-0.25, -0.2) is 14.4 Å². The Hall–Kier alpha value is -3.88. The van der Waals surface area contributed by atoms with Gasteiger partial charge in [0.1, 0.15) is 29.2 Å². The first-order valence-electron chi connectivity index (χ1n) is 9.74. The van der Waals surface area contributed by atoms with Crippen LogP contribution in [0.4, 0.5) is 15.9 Å². The van der Waals surface area contributed by atoms with Gasteiger partial charge in [-0.1, -0.05) is 6.92 Å². The zero-order valence-electron chi connectivity index (χ0n) is 17.4. The third-order valence-corrected chi connectivity index (χ3v) is 4.94. The summed E-state index contributed by atoms with van der Waals surface area (Å²) in [6.07, 6.45) is 6.36. The van der Waals surface area contributed by atoms with Crippen LogP contribution in [0, 0.1) is 5.82 Å². The molecule has 1 aromatic carbocycles. The van der Waals surface area contributed by atoms with E-state index >= 15 is 4.39 Å². The number of aldehydes is 1. The van der Waals surface area contributed by atoms with Gasteiger partial charge in [-0.05, 0) is 30.2 Å². The van der Waals surface area contributed by atoms with Crippen molar-refractivity contribution in [1.29, 1.82) is 0 Å². The van der Waals surface area contributed by atoms with Crippen LogP contribution in [0.2, 0.25) is 0 Å². The van der Waals surface area contributed by atoms with Crippen molar-refractivity contribution < 1.29 is 13.9 Å². The van der Waals surface area contributed by atoms with Crippen molar-refractivity contribution in [3.8, 4) is 17.0 Å². The number of rotatable bonds is 7. The summed E-state index contributed by atoms with van der Waals surface area (Å²) in [6, 6.07) is 6.64. The smallest absolute Gasteiger partial charge is 0.180 e. The third-order valence-electron chi connectivity index (χ3n) is 4.94. The van der Waals surface area contributed by atoms with Crippen LogP contribution in [0.1, 0.15) is 12.5 Å². The molecule has 3 aromatic heterocycles. The molecule has 31 heavy (non-hydrogen) atoms. The Kier molecular flexibility index (Phi) is 5.57. The SMILES string of the molecule is CCc1cc(OC)cc(N(CC=O)c2ccc3ncc(-c4cnn(C)c4)nc3n2)c1F. The van der Waals surface area contributed by atoms with E-state index in [0.29, 0.717) is 46.7 Å². The highest BCUT2D eigenvalue weighted by molar-refractivity contribution is 5.78. The van der Waals surface area contributed by atoms with Gasteiger partial charge in [0.2, 0.25) is 0 Å². The second-order valence-corrected chi connectivity index (χ2v) is 6.92. The fraction of sp³-hybridized carbons (Fsp3) is 0.227. The molecule has 0 fully saturated rings. The van der Waals surface area contributed by atoms with Crippen LogP contribution in [0.15, 0.2) is 42.9 Å². The maximum atomic E-state index is 15.2. The largest absolute Gasteiger partial charge is 0.497 e. The Morgan fingerprint density at radius 3 is 2.74 bits per heavy atom. The van der Waals surface area contributed by atoms with Gasteiger partial charge in [-0.3, -0.25) is 9.67 Å². The number of carbonyl (C=O) groups is 1. The van der Waals surface area contributed by atoms with Crippen molar-refractivity contribution in [1.82, 2.24) is 24.7 Å². The van der Waals surface area contributed by atoms with E-state index < -0.39 is 5.82 Å². The lowest BCUT2D eigenvalue weighted by molar-refractivity contribution is -0.106. The molecular formula is C22H21FN6O2. The number of aromatic nitrogens is 5. The van der Waals surface area contributed by atoms with E-state index in [9.17, 15) is 4.79 Å². The number of aryl methyl sites for hydroxylation is 2. The molecule has 9 heteroatoms. The molecule has 0 atom stereocenters. The van der Waals surface area contributed by atoms with Gasteiger partial charge < -0.3 is 14.4 Å². The van der Waals surface area contributed by atoms with Crippen molar-refractivity contribution in [3.63, 3.8) is 0 Å². The van der Waals surface area contributed by atoms with Gasteiger partial charge in [0.25, 0.3) is 0 Å². The van der Waals surface area contributed by atoms with Gasteiger partial charge in [-0.15, -0.1) is 0 Å². The lowest BCUT2D eigenvalue weighted by Crippen LogP contribution is -2.22. The number of hydrogen-bond donors (Lipinski definition) is 0. The van der Waals surface area contributed by atoms with Crippen molar-refractivity contribution >= 4 is 29.0 Å². The summed E-state index contributed by atoms with van der Waals surface area (Å²) in [5, 5.41) is 4.15. The molecule has 0 spiro atoms. The maximum absolute atomic E-state index is 15.2. The van der Waals surface area contributed by atoms with Crippen LogP contribution < -0.4 is 9.64 Å². The molecule has 0 aliphatic rings. The van der Waals surface area contributed by atoms with Crippen LogP contribution in [0.25, 0.3) is 22.4 Å². The molecule has 4 rings (SSSR count). The Bertz CT molecular complexity index is 1260. The number of benzene rings is 1. The second kappa shape index (κ2) is 8.47. The van der Waals surface area contributed by atoms with Crippen LogP contribution in [-0.2, 0) is 18.3 Å². The first-order valence-corrected chi connectivity index (χ1v) is 9.74. The first-order chi connectivity index (χ1) is 15.0. The Morgan fingerprint density at radius 2 is 2.06 bits per heavy atom. The van der Waals surface area contributed by atoms with Crippen molar-refractivity contribution in [3.05, 3.63) is 54.2 Å². The Morgan fingerprint density at radius 1 is 1.23 bits per heavy atom. The summed E-state index contributed by atoms with van der Waals surface area (Å²) in [5.41, 5.74) is 3.10. The average molecular weight is 420 g/mol. The molecule has 158 valence electrons. The highest BCUT2D eigenvalue weighted by atomic mass is 19.1. The van der Waals surface area contributed by atoms with E-state index in [1.54, 1.807) is 41.3 Å². The molecule has 0 N–H and O–H groups in total. The van der Waals surface area contributed by atoms with Gasteiger partial charge in [-0.2, -0.15) is 5.10 Å². The summed E-state index contributed by atoms with van der Waals surface area (Å²) in [5.74, 6) is 0.470. The monoisotopic (exact) mass is 420 g/mol. The molecule has 4 aromatic rings. The van der Waals surface area contributed by atoms with E-state index in [0.717, 1.165) is 5.56 Å². The van der Waals surface area contributed by atoms with E-state index in [4.69, 9.17) is 4.74 Å². The molecule has 0 aliphatic heterocycles. The van der Waals surface area contributed by atoms with Crippen molar-refractivity contribution in [2.24, 2.45) is 7.05 Å². The van der Waals surface area contributed by atoms with Crippen LogP contribution in [0.3, 0.4) is 0 Å². The summed E-state index contributed by atoms with van der Waals surface area (Å²) >= 11 is 0. The van der Waals surface area contributed by atoms with Crippen LogP contribution in [0.5, 0.6) is 5.75 Å². The number of halogens is 1. The highest BCUT2D eigenvalue weighted by Crippen LogP contribution is 2.33. The Labute approximate surface area is 178 Å². The molecule has 3 heterocycles. The standard InChI is InChI=1S/C22H21FN6O2/c1-4-14-9-16(31-3)10-19(21(14)23)29(7-8-30)20-6-5-17-22(27-20)26-18(12-24-17)15-11-25-28(2)13-15/h5-6,8-13H,4,7H2,1-3H3. The predicted octanol–water partition coefficient (Wildman–Crippen LogP) is 3.47. The van der Waals surface area contributed by atoms with E-state index in [1.807, 2.05) is 20.2 Å².